The summed E-state index contributed by atoms with van der Waals surface area (Å²) in [6.07, 6.45) is 4.59. The Labute approximate surface area is 143 Å². The Balaban J connectivity index is 1.90. The molecule has 1 N–H and O–H groups in total. The first kappa shape index (κ1) is 17.8. The molecule has 2 aromatic rings. The standard InChI is InChI=1S/C19H25N3O2/c1-4-6-7-11-24-17-10-8-9-15(12-17)14-20-19(23)18-13-16(5-2)21-22(18)3/h4,8-10,12-13H,1,5-7,11,14H2,2-3H3,(H,20,23). The molecule has 5 heteroatoms. The maximum absolute atomic E-state index is 12.3. The maximum Gasteiger partial charge on any atom is 0.269 e. The highest BCUT2D eigenvalue weighted by atomic mass is 16.5. The van der Waals surface area contributed by atoms with Crippen LogP contribution >= 0.6 is 0 Å². The lowest BCUT2D eigenvalue weighted by Crippen LogP contribution is -2.25. The summed E-state index contributed by atoms with van der Waals surface area (Å²) < 4.78 is 7.32. The van der Waals surface area contributed by atoms with Gasteiger partial charge in [0.25, 0.3) is 5.91 Å². The third-order valence-electron chi connectivity index (χ3n) is 3.70. The van der Waals surface area contributed by atoms with Gasteiger partial charge in [0.1, 0.15) is 11.4 Å². The molecule has 1 amide bonds. The molecule has 0 radical (unpaired) electrons. The summed E-state index contributed by atoms with van der Waals surface area (Å²) >= 11 is 0. The van der Waals surface area contributed by atoms with Crippen LogP contribution < -0.4 is 10.1 Å². The fraction of sp³-hybridized carbons (Fsp3) is 0.368. The molecular formula is C19H25N3O2. The maximum atomic E-state index is 12.3. The molecule has 1 aromatic carbocycles. The number of carbonyl (C=O) groups is 1. The molecule has 0 aliphatic carbocycles. The van der Waals surface area contributed by atoms with Crippen LogP contribution in [0.15, 0.2) is 43.0 Å². The smallest absolute Gasteiger partial charge is 0.269 e. The summed E-state index contributed by atoms with van der Waals surface area (Å²) in [5, 5.41) is 7.23. The minimum absolute atomic E-state index is 0.123. The third kappa shape index (κ3) is 4.98. The summed E-state index contributed by atoms with van der Waals surface area (Å²) in [5.41, 5.74) is 2.49. The van der Waals surface area contributed by atoms with E-state index in [0.717, 1.165) is 36.3 Å². The average Bonchev–Trinajstić information content (AvgIpc) is 2.98. The van der Waals surface area contributed by atoms with Crippen LogP contribution in [0.1, 0.15) is 41.5 Å². The van der Waals surface area contributed by atoms with Crippen molar-refractivity contribution in [2.24, 2.45) is 7.05 Å². The molecule has 0 unspecified atom stereocenters. The van der Waals surface area contributed by atoms with Crippen molar-refractivity contribution >= 4 is 5.91 Å². The summed E-state index contributed by atoms with van der Waals surface area (Å²) in [6.45, 7) is 6.83. The Morgan fingerprint density at radius 3 is 2.96 bits per heavy atom. The van der Waals surface area contributed by atoms with E-state index >= 15 is 0 Å². The predicted molar refractivity (Wildman–Crippen MR) is 95.1 cm³/mol. The largest absolute Gasteiger partial charge is 0.494 e. The molecule has 0 aliphatic heterocycles. The number of ether oxygens (including phenoxy) is 1. The predicted octanol–water partition coefficient (Wildman–Crippen LogP) is 3.26. The molecule has 0 fully saturated rings. The Bertz CT molecular complexity index is 692. The minimum atomic E-state index is -0.123. The van der Waals surface area contributed by atoms with Crippen LogP contribution in [-0.2, 0) is 20.0 Å². The first-order valence-corrected chi connectivity index (χ1v) is 8.27. The van der Waals surface area contributed by atoms with Crippen LogP contribution in [0, 0.1) is 0 Å². The zero-order valence-electron chi connectivity index (χ0n) is 14.4. The van der Waals surface area contributed by atoms with Gasteiger partial charge in [-0.05, 0) is 43.0 Å². The second-order valence-corrected chi connectivity index (χ2v) is 5.61. The van der Waals surface area contributed by atoms with Gasteiger partial charge in [0.2, 0.25) is 0 Å². The number of nitrogens with zero attached hydrogens (tertiary/aromatic N) is 2. The normalized spacial score (nSPS) is 10.4. The lowest BCUT2D eigenvalue weighted by Gasteiger charge is -2.09. The SMILES string of the molecule is C=CCCCOc1cccc(CNC(=O)c2cc(CC)nn2C)c1. The number of hydrogen-bond acceptors (Lipinski definition) is 3. The second kappa shape index (κ2) is 8.91. The minimum Gasteiger partial charge on any atom is -0.494 e. The fourth-order valence-electron chi connectivity index (χ4n) is 2.35. The van der Waals surface area contributed by atoms with Crippen LogP contribution in [0.3, 0.4) is 0 Å². The van der Waals surface area contributed by atoms with Crippen molar-refractivity contribution in [1.82, 2.24) is 15.1 Å². The molecule has 0 saturated heterocycles. The van der Waals surface area contributed by atoms with E-state index in [4.69, 9.17) is 4.74 Å². The summed E-state index contributed by atoms with van der Waals surface area (Å²) in [6, 6.07) is 9.61. The summed E-state index contributed by atoms with van der Waals surface area (Å²) in [7, 11) is 1.78. The van der Waals surface area contributed by atoms with E-state index < -0.39 is 0 Å². The van der Waals surface area contributed by atoms with Gasteiger partial charge in [0.05, 0.1) is 12.3 Å². The average molecular weight is 327 g/mol. The number of benzene rings is 1. The van der Waals surface area contributed by atoms with Gasteiger partial charge in [0.15, 0.2) is 0 Å². The van der Waals surface area contributed by atoms with Crippen molar-refractivity contribution < 1.29 is 9.53 Å². The molecule has 0 atom stereocenters. The van der Waals surface area contributed by atoms with E-state index in [1.165, 1.54) is 0 Å². The topological polar surface area (TPSA) is 56.1 Å². The molecule has 24 heavy (non-hydrogen) atoms. The molecule has 0 aliphatic rings. The number of nitrogens with one attached hydrogen (secondary N) is 1. The molecule has 128 valence electrons. The lowest BCUT2D eigenvalue weighted by atomic mass is 10.2. The van der Waals surface area contributed by atoms with E-state index in [9.17, 15) is 4.79 Å². The van der Waals surface area contributed by atoms with Crippen LogP contribution in [-0.4, -0.2) is 22.3 Å². The Morgan fingerprint density at radius 2 is 2.25 bits per heavy atom. The second-order valence-electron chi connectivity index (χ2n) is 5.61. The fourth-order valence-corrected chi connectivity index (χ4v) is 2.35. The Kier molecular flexibility index (Phi) is 6.61. The summed E-state index contributed by atoms with van der Waals surface area (Å²) in [4.78, 5) is 12.3. The monoisotopic (exact) mass is 327 g/mol. The van der Waals surface area contributed by atoms with Crippen LogP contribution in [0.4, 0.5) is 0 Å². The van der Waals surface area contributed by atoms with Gasteiger partial charge < -0.3 is 10.1 Å². The van der Waals surface area contributed by atoms with Gasteiger partial charge in [0, 0.05) is 13.6 Å². The van der Waals surface area contributed by atoms with E-state index in [0.29, 0.717) is 18.8 Å². The van der Waals surface area contributed by atoms with Gasteiger partial charge in [-0.1, -0.05) is 25.1 Å². The number of carbonyl (C=O) groups excluding carboxylic acids is 1. The van der Waals surface area contributed by atoms with Gasteiger partial charge >= 0.3 is 0 Å². The van der Waals surface area contributed by atoms with E-state index in [1.54, 1.807) is 11.7 Å². The van der Waals surface area contributed by atoms with Crippen molar-refractivity contribution in [2.45, 2.75) is 32.7 Å². The van der Waals surface area contributed by atoms with Crippen LogP contribution in [0.25, 0.3) is 0 Å². The highest BCUT2D eigenvalue weighted by Gasteiger charge is 2.12. The van der Waals surface area contributed by atoms with Crippen molar-refractivity contribution in [3.8, 4) is 5.75 Å². The van der Waals surface area contributed by atoms with Gasteiger partial charge in [-0.25, -0.2) is 0 Å². The van der Waals surface area contributed by atoms with Gasteiger partial charge in [-0.15, -0.1) is 6.58 Å². The van der Waals surface area contributed by atoms with Crippen LogP contribution in [0.2, 0.25) is 0 Å². The molecule has 2 rings (SSSR count). The van der Waals surface area contributed by atoms with Crippen molar-refractivity contribution in [3.63, 3.8) is 0 Å². The zero-order chi connectivity index (χ0) is 17.4. The van der Waals surface area contributed by atoms with Crippen molar-refractivity contribution in [2.75, 3.05) is 6.61 Å². The quantitative estimate of drug-likeness (QED) is 0.568. The number of amides is 1. The van der Waals surface area contributed by atoms with E-state index in [1.807, 2.05) is 43.3 Å². The number of unbranched alkanes of at least 4 members (excludes halogenated alkanes) is 1. The highest BCUT2D eigenvalue weighted by Crippen LogP contribution is 2.14. The zero-order valence-corrected chi connectivity index (χ0v) is 14.4. The molecular weight excluding hydrogens is 302 g/mol. The summed E-state index contributed by atoms with van der Waals surface area (Å²) in [5.74, 6) is 0.696. The molecule has 1 heterocycles. The number of aromatic nitrogens is 2. The Morgan fingerprint density at radius 1 is 1.42 bits per heavy atom. The lowest BCUT2D eigenvalue weighted by molar-refractivity contribution is 0.0941. The number of allylic oxidation sites excluding steroid dienone is 1. The molecule has 0 saturated carbocycles. The highest BCUT2D eigenvalue weighted by molar-refractivity contribution is 5.92. The molecule has 0 bridgehead atoms. The van der Waals surface area contributed by atoms with E-state index in [2.05, 4.69) is 17.0 Å². The van der Waals surface area contributed by atoms with Crippen molar-refractivity contribution in [3.05, 3.63) is 59.9 Å². The van der Waals surface area contributed by atoms with E-state index in [-0.39, 0.29) is 5.91 Å². The molecule has 1 aromatic heterocycles. The van der Waals surface area contributed by atoms with Gasteiger partial charge in [-0.2, -0.15) is 5.10 Å². The van der Waals surface area contributed by atoms with Crippen LogP contribution in [0.5, 0.6) is 5.75 Å². The molecule has 5 nitrogen and oxygen atoms in total. The number of aryl methyl sites for hydroxylation is 2. The molecule has 0 spiro atoms. The first-order chi connectivity index (χ1) is 11.6. The third-order valence-corrected chi connectivity index (χ3v) is 3.70. The van der Waals surface area contributed by atoms with Crippen molar-refractivity contribution in [1.29, 1.82) is 0 Å². The van der Waals surface area contributed by atoms with Gasteiger partial charge in [-0.3, -0.25) is 9.48 Å². The number of rotatable bonds is 9. The Hall–Kier alpha value is -2.56. The first-order valence-electron chi connectivity index (χ1n) is 8.27. The number of hydrogen-bond donors (Lipinski definition) is 1.